The molecule has 0 unspecified atom stereocenters. The number of hydrogen-bond acceptors (Lipinski definition) is 9. The summed E-state index contributed by atoms with van der Waals surface area (Å²) in [5.41, 5.74) is 9.02. The minimum absolute atomic E-state index is 0.145. The van der Waals surface area contributed by atoms with E-state index < -0.39 is 24.0 Å². The second-order valence-corrected chi connectivity index (χ2v) is 11.8. The fourth-order valence-electron chi connectivity index (χ4n) is 4.59. The lowest BCUT2D eigenvalue weighted by atomic mass is 10.00. The molecule has 0 saturated heterocycles. The number of hydrogen-bond donors (Lipinski definition) is 4. The summed E-state index contributed by atoms with van der Waals surface area (Å²) < 4.78 is 10.1. The molecular formula is C35H42N4O6S. The van der Waals surface area contributed by atoms with E-state index in [1.165, 1.54) is 30.9 Å². The smallest absolute Gasteiger partial charge is 0.337 e. The van der Waals surface area contributed by atoms with Crippen molar-refractivity contribution in [2.24, 2.45) is 5.73 Å². The van der Waals surface area contributed by atoms with E-state index in [0.29, 0.717) is 47.6 Å². The lowest BCUT2D eigenvalue weighted by molar-refractivity contribution is 0.0599. The van der Waals surface area contributed by atoms with Crippen LogP contribution in [0.4, 0.5) is 0 Å². The Morgan fingerprint density at radius 3 is 2.39 bits per heavy atom. The van der Waals surface area contributed by atoms with Gasteiger partial charge in [-0.15, -0.1) is 0 Å². The maximum Gasteiger partial charge on any atom is 0.337 e. The van der Waals surface area contributed by atoms with Gasteiger partial charge < -0.3 is 35.8 Å². The van der Waals surface area contributed by atoms with Gasteiger partial charge in [-0.2, -0.15) is 0 Å². The van der Waals surface area contributed by atoms with E-state index >= 15 is 0 Å². The lowest BCUT2D eigenvalue weighted by Gasteiger charge is -2.25. The van der Waals surface area contributed by atoms with Crippen molar-refractivity contribution in [2.45, 2.75) is 32.0 Å². The summed E-state index contributed by atoms with van der Waals surface area (Å²) in [5, 5.41) is 19.2. The number of methoxy groups -OCH3 is 2. The Labute approximate surface area is 274 Å². The topological polar surface area (TPSA) is 143 Å². The molecule has 46 heavy (non-hydrogen) atoms. The van der Waals surface area contributed by atoms with Crippen LogP contribution in [0.15, 0.2) is 95.4 Å². The number of carbonyl (C=O) groups excluding carboxylic acids is 3. The van der Waals surface area contributed by atoms with Gasteiger partial charge in [0.25, 0.3) is 11.8 Å². The first kappa shape index (κ1) is 35.9. The molecule has 2 atom stereocenters. The predicted molar refractivity (Wildman–Crippen MR) is 182 cm³/mol. The van der Waals surface area contributed by atoms with Gasteiger partial charge in [0.2, 0.25) is 0 Å². The summed E-state index contributed by atoms with van der Waals surface area (Å²) in [7, 11) is 4.49. The summed E-state index contributed by atoms with van der Waals surface area (Å²) in [6.07, 6.45) is -0.598. The van der Waals surface area contributed by atoms with Gasteiger partial charge in [0.1, 0.15) is 5.75 Å². The molecule has 3 aromatic carbocycles. The Hall–Kier alpha value is -4.58. The molecule has 0 heterocycles. The van der Waals surface area contributed by atoms with E-state index in [4.69, 9.17) is 15.2 Å². The predicted octanol–water partition coefficient (Wildman–Crippen LogP) is 4.11. The van der Waals surface area contributed by atoms with Crippen molar-refractivity contribution < 1.29 is 29.0 Å². The Bertz CT molecular complexity index is 1540. The first-order valence-corrected chi connectivity index (χ1v) is 15.5. The number of ether oxygens (including phenoxy) is 2. The molecule has 0 aliphatic rings. The molecule has 0 aromatic heterocycles. The monoisotopic (exact) mass is 646 g/mol. The fourth-order valence-corrected chi connectivity index (χ4v) is 5.21. The highest BCUT2D eigenvalue weighted by atomic mass is 32.2. The average Bonchev–Trinajstić information content (AvgIpc) is 3.06. The highest BCUT2D eigenvalue weighted by molar-refractivity contribution is 8.05. The van der Waals surface area contributed by atoms with Crippen molar-refractivity contribution in [1.82, 2.24) is 15.5 Å². The minimum Gasteiger partial charge on any atom is -0.497 e. The highest BCUT2D eigenvalue weighted by Crippen LogP contribution is 2.19. The Kier molecular flexibility index (Phi) is 13.9. The summed E-state index contributed by atoms with van der Waals surface area (Å²) in [6.45, 7) is 6.54. The summed E-state index contributed by atoms with van der Waals surface area (Å²) in [6, 6.07) is 20.4. The first-order chi connectivity index (χ1) is 22.0. The van der Waals surface area contributed by atoms with E-state index in [1.54, 1.807) is 61.8 Å². The van der Waals surface area contributed by atoms with Crippen molar-refractivity contribution in [1.29, 1.82) is 0 Å². The van der Waals surface area contributed by atoms with Crippen LogP contribution in [-0.2, 0) is 17.7 Å². The fraction of sp³-hybridized carbons (Fsp3) is 0.286. The Balaban J connectivity index is 1.71. The second-order valence-electron chi connectivity index (χ2n) is 10.8. The van der Waals surface area contributed by atoms with Crippen LogP contribution in [-0.4, -0.2) is 74.3 Å². The van der Waals surface area contributed by atoms with Gasteiger partial charge in [-0.25, -0.2) is 4.79 Å². The number of carbonyl (C=O) groups is 3. The van der Waals surface area contributed by atoms with Crippen LogP contribution in [0.5, 0.6) is 5.75 Å². The van der Waals surface area contributed by atoms with Crippen LogP contribution >= 0.6 is 11.8 Å². The molecule has 2 amide bonds. The van der Waals surface area contributed by atoms with Crippen molar-refractivity contribution in [3.05, 3.63) is 123 Å². The molecule has 0 fully saturated rings. The normalized spacial score (nSPS) is 12.5. The van der Waals surface area contributed by atoms with E-state index in [-0.39, 0.29) is 12.5 Å². The van der Waals surface area contributed by atoms with Gasteiger partial charge in [-0.1, -0.05) is 54.7 Å². The van der Waals surface area contributed by atoms with Crippen molar-refractivity contribution >= 4 is 29.5 Å². The van der Waals surface area contributed by atoms with E-state index in [1.807, 2.05) is 30.3 Å². The number of esters is 1. The number of amides is 2. The Morgan fingerprint density at radius 2 is 1.72 bits per heavy atom. The summed E-state index contributed by atoms with van der Waals surface area (Å²) in [4.78, 5) is 40.9. The van der Waals surface area contributed by atoms with Gasteiger partial charge in [0.05, 0.1) is 38.5 Å². The van der Waals surface area contributed by atoms with Crippen LogP contribution < -0.4 is 21.1 Å². The number of likely N-dealkylation sites (N-methyl/N-ethyl adjacent to an activating group) is 1. The van der Waals surface area contributed by atoms with Crippen LogP contribution in [0.3, 0.4) is 0 Å². The number of nitrogens with zero attached hydrogens (tertiary/aromatic N) is 1. The van der Waals surface area contributed by atoms with Crippen LogP contribution in [0, 0.1) is 0 Å². The lowest BCUT2D eigenvalue weighted by Crippen LogP contribution is -2.48. The molecule has 10 nitrogen and oxygen atoms in total. The van der Waals surface area contributed by atoms with Crippen molar-refractivity contribution in [3.8, 4) is 5.75 Å². The van der Waals surface area contributed by atoms with E-state index in [9.17, 15) is 19.5 Å². The number of benzene rings is 3. The molecule has 0 spiro atoms. The van der Waals surface area contributed by atoms with Crippen molar-refractivity contribution in [3.63, 3.8) is 0 Å². The molecule has 3 aromatic rings. The van der Waals surface area contributed by atoms with Crippen LogP contribution in [0.1, 0.15) is 49.1 Å². The molecule has 244 valence electrons. The van der Waals surface area contributed by atoms with Crippen molar-refractivity contribution in [2.75, 3.05) is 34.4 Å². The zero-order valence-electron chi connectivity index (χ0n) is 26.6. The second kappa shape index (κ2) is 17.8. The maximum absolute atomic E-state index is 13.5. The van der Waals surface area contributed by atoms with Gasteiger partial charge in [0.15, 0.2) is 0 Å². The molecule has 0 bridgehead atoms. The van der Waals surface area contributed by atoms with Gasteiger partial charge in [0, 0.05) is 41.9 Å². The number of thioether (sulfide) groups is 1. The number of nitrogens with one attached hydrogen (secondary N) is 2. The largest absolute Gasteiger partial charge is 0.497 e. The third-order valence-electron chi connectivity index (χ3n) is 6.93. The number of allylic oxidation sites excluding steroid dienone is 1. The van der Waals surface area contributed by atoms with E-state index in [2.05, 4.69) is 17.2 Å². The molecule has 0 aliphatic heterocycles. The summed E-state index contributed by atoms with van der Waals surface area (Å²) >= 11 is 1.36. The number of rotatable bonds is 16. The number of aliphatic hydroxyl groups is 1. The molecule has 11 heteroatoms. The third kappa shape index (κ3) is 11.1. The SMILES string of the molecule is C=C(CN(C)C(=O)c1cccc(C(=O)N[C@@H](Cc2ccccc2)[C@H](O)CNCc2cc(OC)cc(C(=O)OC)c2)c1)S/C=C(/C)N. The summed E-state index contributed by atoms with van der Waals surface area (Å²) in [5.74, 6) is -0.661. The molecule has 0 aliphatic carbocycles. The minimum atomic E-state index is -0.972. The standard InChI is InChI=1S/C35H42N4O6S/c1-23(36)22-46-24(2)21-39(3)34(42)28-13-9-12-27(17-28)33(41)38-31(16-25-10-7-6-8-11-25)32(40)20-37-19-26-14-29(35(43)45-5)18-30(15-26)44-4/h6-15,17-18,22,31-32,37,40H,2,16,19-21,36H2,1,3-5H3,(H,38,41)/b23-22-/t31-,32+/m0/s1. The Morgan fingerprint density at radius 1 is 1.00 bits per heavy atom. The van der Waals surface area contributed by atoms with Crippen LogP contribution in [0.25, 0.3) is 0 Å². The molecular weight excluding hydrogens is 604 g/mol. The van der Waals surface area contributed by atoms with Gasteiger partial charge >= 0.3 is 5.97 Å². The van der Waals surface area contributed by atoms with Gasteiger partial charge in [-0.05, 0) is 66.3 Å². The molecule has 0 radical (unpaired) electrons. The van der Waals surface area contributed by atoms with Crippen LogP contribution in [0.2, 0.25) is 0 Å². The quantitative estimate of drug-likeness (QED) is 0.169. The number of nitrogens with two attached hydrogens (primary N) is 1. The zero-order chi connectivity index (χ0) is 33.6. The van der Waals surface area contributed by atoms with E-state index in [0.717, 1.165) is 16.0 Å². The highest BCUT2D eigenvalue weighted by Gasteiger charge is 2.23. The number of aliphatic hydroxyl groups excluding tert-OH is 1. The van der Waals surface area contributed by atoms with Gasteiger partial charge in [-0.3, -0.25) is 9.59 Å². The molecule has 0 saturated carbocycles. The molecule has 5 N–H and O–H groups in total. The average molecular weight is 647 g/mol. The zero-order valence-corrected chi connectivity index (χ0v) is 27.4. The maximum atomic E-state index is 13.5. The molecule has 3 rings (SSSR count). The third-order valence-corrected chi connectivity index (χ3v) is 7.88. The first-order valence-electron chi connectivity index (χ1n) is 14.6.